The van der Waals surface area contributed by atoms with Gasteiger partial charge in [0.2, 0.25) is 0 Å². The van der Waals surface area contributed by atoms with E-state index in [0.717, 1.165) is 25.0 Å². The van der Waals surface area contributed by atoms with Crippen LogP contribution in [-0.2, 0) is 7.05 Å². The van der Waals surface area contributed by atoms with E-state index in [4.69, 9.17) is 0 Å². The molecule has 0 bridgehead atoms. The summed E-state index contributed by atoms with van der Waals surface area (Å²) in [4.78, 5) is 6.79. The first-order valence-electron chi connectivity index (χ1n) is 6.09. The highest BCUT2D eigenvalue weighted by Gasteiger charge is 2.25. The molecule has 0 spiro atoms. The molecule has 1 aliphatic rings. The number of nitrogens with one attached hydrogen (secondary N) is 1. The van der Waals surface area contributed by atoms with Gasteiger partial charge in [0.05, 0.1) is 6.04 Å². The predicted molar refractivity (Wildman–Crippen MR) is 65.3 cm³/mol. The van der Waals surface area contributed by atoms with Crippen LogP contribution in [0.15, 0.2) is 12.4 Å². The molecule has 1 saturated carbocycles. The van der Waals surface area contributed by atoms with Gasteiger partial charge in [-0.3, -0.25) is 0 Å². The molecule has 2 rings (SSSR count). The second kappa shape index (κ2) is 4.97. The molecule has 1 atom stereocenters. The van der Waals surface area contributed by atoms with Crippen molar-refractivity contribution in [2.75, 3.05) is 20.1 Å². The number of nitrogens with zero attached hydrogens (tertiary/aromatic N) is 3. The van der Waals surface area contributed by atoms with Crippen molar-refractivity contribution in [3.63, 3.8) is 0 Å². The number of imidazole rings is 1. The van der Waals surface area contributed by atoms with E-state index in [9.17, 15) is 0 Å². The Morgan fingerprint density at radius 3 is 2.94 bits per heavy atom. The first kappa shape index (κ1) is 11.6. The van der Waals surface area contributed by atoms with Crippen LogP contribution in [0, 0.1) is 0 Å². The van der Waals surface area contributed by atoms with E-state index in [1.807, 2.05) is 19.4 Å². The third kappa shape index (κ3) is 2.83. The largest absolute Gasteiger partial charge is 0.337 e. The van der Waals surface area contributed by atoms with Gasteiger partial charge in [0, 0.05) is 38.6 Å². The smallest absolute Gasteiger partial charge is 0.125 e. The van der Waals surface area contributed by atoms with Gasteiger partial charge in [0.25, 0.3) is 0 Å². The molecule has 4 nitrogen and oxygen atoms in total. The average Bonchev–Trinajstić information content (AvgIpc) is 3.01. The van der Waals surface area contributed by atoms with Gasteiger partial charge in [-0.25, -0.2) is 4.98 Å². The van der Waals surface area contributed by atoms with E-state index >= 15 is 0 Å². The fourth-order valence-corrected chi connectivity index (χ4v) is 2.04. The van der Waals surface area contributed by atoms with Gasteiger partial charge in [0.1, 0.15) is 5.82 Å². The van der Waals surface area contributed by atoms with Crippen LogP contribution in [0.25, 0.3) is 0 Å². The third-order valence-electron chi connectivity index (χ3n) is 3.33. The van der Waals surface area contributed by atoms with Gasteiger partial charge in [-0.15, -0.1) is 0 Å². The van der Waals surface area contributed by atoms with Crippen LogP contribution in [-0.4, -0.2) is 40.6 Å². The number of rotatable bonds is 6. The minimum atomic E-state index is 0.326. The first-order valence-corrected chi connectivity index (χ1v) is 6.09. The molecule has 0 saturated heterocycles. The van der Waals surface area contributed by atoms with E-state index < -0.39 is 0 Å². The molecule has 1 fully saturated rings. The molecule has 16 heavy (non-hydrogen) atoms. The molecule has 1 aromatic rings. The zero-order chi connectivity index (χ0) is 11.5. The Morgan fingerprint density at radius 2 is 2.38 bits per heavy atom. The van der Waals surface area contributed by atoms with Crippen LogP contribution in [0.2, 0.25) is 0 Å². The molecule has 4 heteroatoms. The summed E-state index contributed by atoms with van der Waals surface area (Å²) in [6.07, 6.45) is 6.60. The quantitative estimate of drug-likeness (QED) is 0.784. The van der Waals surface area contributed by atoms with Gasteiger partial charge in [-0.05, 0) is 26.8 Å². The minimum Gasteiger partial charge on any atom is -0.337 e. The minimum absolute atomic E-state index is 0.326. The van der Waals surface area contributed by atoms with Crippen LogP contribution < -0.4 is 5.32 Å². The van der Waals surface area contributed by atoms with Crippen LogP contribution >= 0.6 is 0 Å². The molecule has 90 valence electrons. The first-order chi connectivity index (χ1) is 7.68. The summed E-state index contributed by atoms with van der Waals surface area (Å²) in [7, 11) is 4.25. The van der Waals surface area contributed by atoms with E-state index in [2.05, 4.69) is 33.7 Å². The number of hydrogen-bond acceptors (Lipinski definition) is 3. The zero-order valence-corrected chi connectivity index (χ0v) is 10.5. The zero-order valence-electron chi connectivity index (χ0n) is 10.5. The van der Waals surface area contributed by atoms with Gasteiger partial charge < -0.3 is 14.8 Å². The molecule has 0 aliphatic heterocycles. The molecule has 0 amide bonds. The molecular weight excluding hydrogens is 200 g/mol. The molecule has 1 aromatic heterocycles. The monoisotopic (exact) mass is 222 g/mol. The maximum absolute atomic E-state index is 4.35. The van der Waals surface area contributed by atoms with Crippen molar-refractivity contribution in [1.29, 1.82) is 0 Å². The molecule has 1 aliphatic carbocycles. The summed E-state index contributed by atoms with van der Waals surface area (Å²) in [6, 6.07) is 1.18. The predicted octanol–water partition coefficient (Wildman–Crippen LogP) is 1.16. The normalized spacial score (nSPS) is 18.0. The summed E-state index contributed by atoms with van der Waals surface area (Å²) in [5.41, 5.74) is 0. The highest BCUT2D eigenvalue weighted by molar-refractivity contribution is 4.97. The average molecular weight is 222 g/mol. The molecule has 1 N–H and O–H groups in total. The standard InChI is InChI=1S/C12H22N4/c1-10(12-14-7-9-16(12)3)13-6-8-15(2)11-4-5-11/h7,9-11,13H,4-6,8H2,1-3H3. The molecule has 1 heterocycles. The molecule has 0 aromatic carbocycles. The summed E-state index contributed by atoms with van der Waals surface area (Å²) in [5, 5.41) is 3.51. The number of aryl methyl sites for hydroxylation is 1. The van der Waals surface area contributed by atoms with Crippen molar-refractivity contribution in [2.45, 2.75) is 31.8 Å². The van der Waals surface area contributed by atoms with Crippen molar-refractivity contribution in [2.24, 2.45) is 7.05 Å². The van der Waals surface area contributed by atoms with Crippen molar-refractivity contribution < 1.29 is 0 Å². The van der Waals surface area contributed by atoms with Crippen molar-refractivity contribution in [3.8, 4) is 0 Å². The molecule has 1 unspecified atom stereocenters. The molecule has 0 radical (unpaired) electrons. The maximum atomic E-state index is 4.35. The maximum Gasteiger partial charge on any atom is 0.125 e. The fraction of sp³-hybridized carbons (Fsp3) is 0.750. The van der Waals surface area contributed by atoms with Crippen molar-refractivity contribution in [3.05, 3.63) is 18.2 Å². The van der Waals surface area contributed by atoms with Crippen molar-refractivity contribution >= 4 is 0 Å². The number of likely N-dealkylation sites (N-methyl/N-ethyl adjacent to an activating group) is 1. The number of aromatic nitrogens is 2. The van der Waals surface area contributed by atoms with Crippen LogP contribution in [0.1, 0.15) is 31.6 Å². The third-order valence-corrected chi connectivity index (χ3v) is 3.33. The lowest BCUT2D eigenvalue weighted by Crippen LogP contribution is -2.32. The Kier molecular flexibility index (Phi) is 3.61. The molecular formula is C12H22N4. The lowest BCUT2D eigenvalue weighted by molar-refractivity contribution is 0.315. The van der Waals surface area contributed by atoms with Gasteiger partial charge in [0.15, 0.2) is 0 Å². The Hall–Kier alpha value is -0.870. The lowest BCUT2D eigenvalue weighted by atomic mass is 10.3. The second-order valence-electron chi connectivity index (χ2n) is 4.78. The van der Waals surface area contributed by atoms with E-state index in [-0.39, 0.29) is 0 Å². The number of hydrogen-bond donors (Lipinski definition) is 1. The van der Waals surface area contributed by atoms with E-state index in [1.165, 1.54) is 12.8 Å². The Bertz CT molecular complexity index is 330. The van der Waals surface area contributed by atoms with Crippen molar-refractivity contribution in [1.82, 2.24) is 19.8 Å². The Morgan fingerprint density at radius 1 is 1.62 bits per heavy atom. The van der Waals surface area contributed by atoms with Gasteiger partial charge >= 0.3 is 0 Å². The topological polar surface area (TPSA) is 33.1 Å². The summed E-state index contributed by atoms with van der Waals surface area (Å²) >= 11 is 0. The van der Waals surface area contributed by atoms with Crippen LogP contribution in [0.5, 0.6) is 0 Å². The van der Waals surface area contributed by atoms with E-state index in [0.29, 0.717) is 6.04 Å². The summed E-state index contributed by atoms with van der Waals surface area (Å²) < 4.78 is 2.07. The highest BCUT2D eigenvalue weighted by Crippen LogP contribution is 2.24. The van der Waals surface area contributed by atoms with Gasteiger partial charge in [-0.2, -0.15) is 0 Å². The summed E-state index contributed by atoms with van der Waals surface area (Å²) in [5.74, 6) is 1.11. The highest BCUT2D eigenvalue weighted by atomic mass is 15.2. The Balaban J connectivity index is 1.71. The van der Waals surface area contributed by atoms with Crippen LogP contribution in [0.3, 0.4) is 0 Å². The SMILES string of the molecule is CC(NCCN(C)C1CC1)c1nccn1C. The van der Waals surface area contributed by atoms with Crippen LogP contribution in [0.4, 0.5) is 0 Å². The second-order valence-corrected chi connectivity index (χ2v) is 4.78. The fourth-order valence-electron chi connectivity index (χ4n) is 2.04. The summed E-state index contributed by atoms with van der Waals surface area (Å²) in [6.45, 7) is 4.32. The lowest BCUT2D eigenvalue weighted by Gasteiger charge is -2.18. The van der Waals surface area contributed by atoms with E-state index in [1.54, 1.807) is 0 Å². The Labute approximate surface area is 97.7 Å². The van der Waals surface area contributed by atoms with Gasteiger partial charge in [-0.1, -0.05) is 0 Å².